The van der Waals surface area contributed by atoms with Crippen LogP contribution in [0.15, 0.2) is 30.5 Å². The molecule has 0 amide bonds. The van der Waals surface area contributed by atoms with Gasteiger partial charge in [-0.15, -0.1) is 0 Å². The highest BCUT2D eigenvalue weighted by molar-refractivity contribution is 6.32. The van der Waals surface area contributed by atoms with Crippen molar-refractivity contribution in [2.45, 2.75) is 39.2 Å². The number of hydrogen-bond acceptors (Lipinski definition) is 5. The molecule has 1 fully saturated rings. The Kier molecular flexibility index (Phi) is 5.98. The second kappa shape index (κ2) is 8.24. The van der Waals surface area contributed by atoms with Crippen LogP contribution in [0.4, 0.5) is 5.95 Å². The van der Waals surface area contributed by atoms with Gasteiger partial charge in [-0.25, -0.2) is 9.97 Å². The summed E-state index contributed by atoms with van der Waals surface area (Å²) in [6.07, 6.45) is 3.99. The summed E-state index contributed by atoms with van der Waals surface area (Å²) in [6.45, 7) is 9.96. The van der Waals surface area contributed by atoms with Gasteiger partial charge in [-0.1, -0.05) is 23.7 Å². The first-order chi connectivity index (χ1) is 12.9. The summed E-state index contributed by atoms with van der Waals surface area (Å²) in [4.78, 5) is 11.5. The third-order valence-electron chi connectivity index (χ3n) is 5.14. The van der Waals surface area contributed by atoms with Crippen LogP contribution in [-0.2, 0) is 0 Å². The minimum Gasteiger partial charge on any atom is -0.354 e. The number of benzene rings is 1. The lowest BCUT2D eigenvalue weighted by atomic mass is 9.93. The molecule has 0 spiro atoms. The van der Waals surface area contributed by atoms with Crippen molar-refractivity contribution in [3.63, 3.8) is 0 Å². The number of anilines is 1. The van der Waals surface area contributed by atoms with Gasteiger partial charge in [0.05, 0.1) is 28.5 Å². The molecule has 5 nitrogen and oxygen atoms in total. The standard InChI is InChI=1S/C21H26ClN5/c1-21(2,3)27-10-8-16(9-11-27)13-24-20-25-14-18(22)19(26-20)17-6-4-15(12-23)5-7-17/h4-7,14,16H,8-11,13H2,1-3H3,(H,24,25,26). The molecule has 2 aromatic rings. The van der Waals surface area contributed by atoms with E-state index in [2.05, 4.69) is 47.0 Å². The molecular formula is C21H26ClN5. The Bertz CT molecular complexity index is 812. The first-order valence-electron chi connectivity index (χ1n) is 9.39. The molecule has 0 aliphatic carbocycles. The van der Waals surface area contributed by atoms with Crippen LogP contribution >= 0.6 is 11.6 Å². The Morgan fingerprint density at radius 3 is 2.48 bits per heavy atom. The van der Waals surface area contributed by atoms with E-state index in [1.807, 2.05) is 12.1 Å². The second-order valence-corrected chi connectivity index (χ2v) is 8.47. The van der Waals surface area contributed by atoms with E-state index in [0.717, 1.165) is 25.2 Å². The number of likely N-dealkylation sites (tertiary alicyclic amines) is 1. The first kappa shape index (κ1) is 19.6. The summed E-state index contributed by atoms with van der Waals surface area (Å²) >= 11 is 6.29. The van der Waals surface area contributed by atoms with Crippen LogP contribution in [0, 0.1) is 17.2 Å². The normalized spacial score (nSPS) is 16.1. The SMILES string of the molecule is CC(C)(C)N1CCC(CNc2ncc(Cl)c(-c3ccc(C#N)cc3)n2)CC1. The van der Waals surface area contributed by atoms with E-state index >= 15 is 0 Å². The molecule has 27 heavy (non-hydrogen) atoms. The van der Waals surface area contributed by atoms with Gasteiger partial charge in [0.1, 0.15) is 0 Å². The average Bonchev–Trinajstić information content (AvgIpc) is 2.67. The number of nitriles is 1. The summed E-state index contributed by atoms with van der Waals surface area (Å²) in [5, 5.41) is 12.8. The van der Waals surface area contributed by atoms with Crippen LogP contribution in [0.2, 0.25) is 5.02 Å². The Morgan fingerprint density at radius 1 is 1.22 bits per heavy atom. The molecule has 1 aliphatic heterocycles. The minimum atomic E-state index is 0.244. The fourth-order valence-electron chi connectivity index (χ4n) is 3.40. The lowest BCUT2D eigenvalue weighted by Crippen LogP contribution is -2.46. The average molecular weight is 384 g/mol. The molecule has 1 aliphatic rings. The fourth-order valence-corrected chi connectivity index (χ4v) is 3.60. The van der Waals surface area contributed by atoms with Crippen molar-refractivity contribution in [1.29, 1.82) is 5.26 Å². The lowest BCUT2D eigenvalue weighted by Gasteiger charge is -2.40. The summed E-state index contributed by atoms with van der Waals surface area (Å²) in [5.74, 6) is 1.22. The number of nitrogens with zero attached hydrogens (tertiary/aromatic N) is 4. The van der Waals surface area contributed by atoms with Gasteiger partial charge < -0.3 is 5.32 Å². The van der Waals surface area contributed by atoms with Crippen molar-refractivity contribution in [2.24, 2.45) is 5.92 Å². The Balaban J connectivity index is 1.62. The van der Waals surface area contributed by atoms with E-state index in [4.69, 9.17) is 16.9 Å². The van der Waals surface area contributed by atoms with Crippen molar-refractivity contribution in [2.75, 3.05) is 25.0 Å². The van der Waals surface area contributed by atoms with Gasteiger partial charge in [-0.05, 0) is 64.8 Å². The van der Waals surface area contributed by atoms with E-state index in [0.29, 0.717) is 28.1 Å². The molecule has 2 heterocycles. The molecule has 1 aromatic heterocycles. The summed E-state index contributed by atoms with van der Waals surface area (Å²) in [5.41, 5.74) is 2.42. The maximum Gasteiger partial charge on any atom is 0.223 e. The third-order valence-corrected chi connectivity index (χ3v) is 5.42. The van der Waals surface area contributed by atoms with Crippen LogP contribution in [-0.4, -0.2) is 40.0 Å². The highest BCUT2D eigenvalue weighted by atomic mass is 35.5. The molecule has 0 radical (unpaired) electrons. The van der Waals surface area contributed by atoms with Gasteiger partial charge in [0.25, 0.3) is 0 Å². The third kappa shape index (κ3) is 4.97. The van der Waals surface area contributed by atoms with Crippen LogP contribution in [0.3, 0.4) is 0 Å². The van der Waals surface area contributed by atoms with E-state index in [1.165, 1.54) is 12.8 Å². The monoisotopic (exact) mass is 383 g/mol. The summed E-state index contributed by atoms with van der Waals surface area (Å²) < 4.78 is 0. The molecule has 6 heteroatoms. The summed E-state index contributed by atoms with van der Waals surface area (Å²) in [7, 11) is 0. The van der Waals surface area contributed by atoms with Crippen LogP contribution in [0.1, 0.15) is 39.2 Å². The van der Waals surface area contributed by atoms with Crippen LogP contribution < -0.4 is 5.32 Å². The zero-order chi connectivity index (χ0) is 19.4. The van der Waals surface area contributed by atoms with E-state index < -0.39 is 0 Å². The molecular weight excluding hydrogens is 358 g/mol. The van der Waals surface area contributed by atoms with Gasteiger partial charge in [0, 0.05) is 17.6 Å². The number of rotatable bonds is 4. The molecule has 3 rings (SSSR count). The van der Waals surface area contributed by atoms with Crippen molar-refractivity contribution in [3.8, 4) is 17.3 Å². The second-order valence-electron chi connectivity index (χ2n) is 8.06. The van der Waals surface area contributed by atoms with Gasteiger partial charge in [0.15, 0.2) is 0 Å². The van der Waals surface area contributed by atoms with Gasteiger partial charge in [0.2, 0.25) is 5.95 Å². The van der Waals surface area contributed by atoms with E-state index in [1.54, 1.807) is 18.3 Å². The van der Waals surface area contributed by atoms with Gasteiger partial charge in [-0.2, -0.15) is 5.26 Å². The van der Waals surface area contributed by atoms with Crippen LogP contribution in [0.5, 0.6) is 0 Å². The Labute approximate surface area is 166 Å². The maximum atomic E-state index is 8.94. The summed E-state index contributed by atoms with van der Waals surface area (Å²) in [6, 6.07) is 9.37. The highest BCUT2D eigenvalue weighted by Crippen LogP contribution is 2.27. The van der Waals surface area contributed by atoms with Gasteiger partial charge >= 0.3 is 0 Å². The van der Waals surface area contributed by atoms with Crippen LogP contribution in [0.25, 0.3) is 11.3 Å². The van der Waals surface area contributed by atoms with Crippen molar-refractivity contribution >= 4 is 17.5 Å². The Hall–Kier alpha value is -2.16. The van der Waals surface area contributed by atoms with Gasteiger partial charge in [-0.3, -0.25) is 4.90 Å². The van der Waals surface area contributed by atoms with E-state index in [9.17, 15) is 0 Å². The molecule has 142 valence electrons. The molecule has 0 unspecified atom stereocenters. The first-order valence-corrected chi connectivity index (χ1v) is 9.76. The molecule has 1 N–H and O–H groups in total. The van der Waals surface area contributed by atoms with E-state index in [-0.39, 0.29) is 5.54 Å². The minimum absolute atomic E-state index is 0.244. The highest BCUT2D eigenvalue weighted by Gasteiger charge is 2.26. The smallest absolute Gasteiger partial charge is 0.223 e. The maximum absolute atomic E-state index is 8.94. The lowest BCUT2D eigenvalue weighted by molar-refractivity contribution is 0.0903. The van der Waals surface area contributed by atoms with Crippen molar-refractivity contribution in [1.82, 2.24) is 14.9 Å². The predicted octanol–water partition coefficient (Wildman–Crippen LogP) is 4.59. The molecule has 1 aromatic carbocycles. The predicted molar refractivity (Wildman–Crippen MR) is 110 cm³/mol. The van der Waals surface area contributed by atoms with Crippen molar-refractivity contribution < 1.29 is 0 Å². The number of halogens is 1. The number of hydrogen-bond donors (Lipinski definition) is 1. The number of aromatic nitrogens is 2. The molecule has 0 bridgehead atoms. The zero-order valence-corrected chi connectivity index (χ0v) is 16.9. The molecule has 0 saturated carbocycles. The largest absolute Gasteiger partial charge is 0.354 e. The van der Waals surface area contributed by atoms with Crippen molar-refractivity contribution in [3.05, 3.63) is 41.0 Å². The molecule has 0 atom stereocenters. The fraction of sp³-hybridized carbons (Fsp3) is 0.476. The Morgan fingerprint density at radius 2 is 1.89 bits per heavy atom. The number of nitrogens with one attached hydrogen (secondary N) is 1. The quantitative estimate of drug-likeness (QED) is 0.836. The number of piperidine rings is 1. The topological polar surface area (TPSA) is 64.8 Å². The zero-order valence-electron chi connectivity index (χ0n) is 16.2. The molecule has 1 saturated heterocycles.